The summed E-state index contributed by atoms with van der Waals surface area (Å²) in [6, 6.07) is 14.5. The molecule has 0 spiro atoms. The monoisotopic (exact) mass is 390 g/mol. The molecule has 150 valence electrons. The van der Waals surface area contributed by atoms with Crippen molar-refractivity contribution in [3.8, 4) is 5.75 Å². The molecule has 1 fully saturated rings. The fourth-order valence-electron chi connectivity index (χ4n) is 3.54. The number of aromatic nitrogens is 3. The Morgan fingerprint density at radius 1 is 0.931 bits per heavy atom. The zero-order valence-electron chi connectivity index (χ0n) is 17.1. The number of aryl methyl sites for hydroxylation is 2. The van der Waals surface area contributed by atoms with Crippen LogP contribution in [-0.4, -0.2) is 48.5 Å². The molecule has 7 nitrogen and oxygen atoms in total. The first-order valence-electron chi connectivity index (χ1n) is 9.80. The minimum absolute atomic E-state index is 0.661. The molecule has 0 bridgehead atoms. The molecular weight excluding hydrogens is 364 g/mol. The Morgan fingerprint density at radius 3 is 2.34 bits per heavy atom. The highest BCUT2D eigenvalue weighted by Crippen LogP contribution is 2.23. The second kappa shape index (κ2) is 8.34. The number of nitrogens with one attached hydrogen (secondary N) is 1. The second-order valence-corrected chi connectivity index (χ2v) is 7.26. The summed E-state index contributed by atoms with van der Waals surface area (Å²) in [5.74, 6) is 2.24. The summed E-state index contributed by atoms with van der Waals surface area (Å²) in [6.45, 7) is 7.69. The van der Waals surface area contributed by atoms with Crippen molar-refractivity contribution in [1.29, 1.82) is 0 Å². The average Bonchev–Trinajstić information content (AvgIpc) is 2.76. The summed E-state index contributed by atoms with van der Waals surface area (Å²) in [4.78, 5) is 9.22. The van der Waals surface area contributed by atoms with Crippen LogP contribution in [-0.2, 0) is 0 Å². The first kappa shape index (κ1) is 19.0. The summed E-state index contributed by atoms with van der Waals surface area (Å²) in [5.41, 5.74) is 4.66. The molecule has 1 aromatic heterocycles. The van der Waals surface area contributed by atoms with Crippen molar-refractivity contribution in [3.63, 3.8) is 0 Å². The molecule has 2 aromatic carbocycles. The minimum Gasteiger partial charge on any atom is -0.497 e. The Hall–Kier alpha value is -3.35. The lowest BCUT2D eigenvalue weighted by Crippen LogP contribution is -2.47. The van der Waals surface area contributed by atoms with Crippen LogP contribution in [0.15, 0.2) is 48.7 Å². The van der Waals surface area contributed by atoms with Gasteiger partial charge in [-0.2, -0.15) is 10.1 Å². The lowest BCUT2D eigenvalue weighted by atomic mass is 10.1. The molecule has 7 heteroatoms. The number of hydrogen-bond donors (Lipinski definition) is 1. The van der Waals surface area contributed by atoms with Gasteiger partial charge in [-0.25, -0.2) is 0 Å². The van der Waals surface area contributed by atoms with E-state index in [2.05, 4.69) is 74.5 Å². The Balaban J connectivity index is 1.41. The summed E-state index contributed by atoms with van der Waals surface area (Å²) in [7, 11) is 1.69. The fourth-order valence-corrected chi connectivity index (χ4v) is 3.54. The third kappa shape index (κ3) is 4.39. The maximum atomic E-state index is 5.24. The van der Waals surface area contributed by atoms with Gasteiger partial charge >= 0.3 is 0 Å². The molecule has 0 amide bonds. The minimum atomic E-state index is 0.661. The molecule has 0 aliphatic carbocycles. The summed E-state index contributed by atoms with van der Waals surface area (Å²) >= 11 is 0. The molecule has 4 rings (SSSR count). The van der Waals surface area contributed by atoms with Crippen molar-refractivity contribution >= 4 is 23.1 Å². The van der Waals surface area contributed by atoms with Crippen molar-refractivity contribution in [1.82, 2.24) is 15.2 Å². The van der Waals surface area contributed by atoms with Crippen LogP contribution in [0, 0.1) is 13.8 Å². The second-order valence-electron chi connectivity index (χ2n) is 7.26. The smallest absolute Gasteiger partial charge is 0.247 e. The van der Waals surface area contributed by atoms with Gasteiger partial charge in [-0.1, -0.05) is 17.7 Å². The zero-order valence-corrected chi connectivity index (χ0v) is 17.1. The van der Waals surface area contributed by atoms with Gasteiger partial charge in [-0.05, 0) is 49.7 Å². The van der Waals surface area contributed by atoms with Gasteiger partial charge in [0.2, 0.25) is 5.95 Å². The van der Waals surface area contributed by atoms with Gasteiger partial charge in [0.15, 0.2) is 5.82 Å². The van der Waals surface area contributed by atoms with E-state index in [0.29, 0.717) is 11.8 Å². The molecule has 2 heterocycles. The molecule has 1 aliphatic heterocycles. The van der Waals surface area contributed by atoms with Crippen LogP contribution < -0.4 is 19.9 Å². The predicted molar refractivity (Wildman–Crippen MR) is 116 cm³/mol. The standard InChI is InChI=1S/C22H26N6O/c1-16-4-9-20(17(2)14-16)24-21-15-23-26-22(25-21)28-12-10-27(11-13-28)18-5-7-19(29-3)8-6-18/h4-9,14-15H,10-13H2,1-3H3,(H,24,25,26). The van der Waals surface area contributed by atoms with Crippen LogP contribution in [0.1, 0.15) is 11.1 Å². The molecular formula is C22H26N6O. The molecule has 1 N–H and O–H groups in total. The number of anilines is 4. The molecule has 0 unspecified atom stereocenters. The molecule has 3 aromatic rings. The van der Waals surface area contributed by atoms with E-state index in [0.717, 1.165) is 37.6 Å². The largest absolute Gasteiger partial charge is 0.497 e. The zero-order chi connectivity index (χ0) is 20.2. The van der Waals surface area contributed by atoms with E-state index < -0.39 is 0 Å². The van der Waals surface area contributed by atoms with E-state index in [4.69, 9.17) is 4.74 Å². The van der Waals surface area contributed by atoms with E-state index in [1.165, 1.54) is 16.8 Å². The number of nitrogens with zero attached hydrogens (tertiary/aromatic N) is 5. The lowest BCUT2D eigenvalue weighted by molar-refractivity contribution is 0.415. The van der Waals surface area contributed by atoms with E-state index in [1.807, 2.05) is 12.1 Å². The first-order chi connectivity index (χ1) is 14.1. The predicted octanol–water partition coefficient (Wildman–Crippen LogP) is 3.57. The molecule has 0 radical (unpaired) electrons. The van der Waals surface area contributed by atoms with Crippen molar-refractivity contribution in [2.75, 3.05) is 48.4 Å². The van der Waals surface area contributed by atoms with Gasteiger partial charge < -0.3 is 19.9 Å². The number of benzene rings is 2. The van der Waals surface area contributed by atoms with Crippen LogP contribution in [0.25, 0.3) is 0 Å². The van der Waals surface area contributed by atoms with Gasteiger partial charge in [-0.3, -0.25) is 0 Å². The van der Waals surface area contributed by atoms with Gasteiger partial charge in [0.05, 0.1) is 13.3 Å². The SMILES string of the molecule is COc1ccc(N2CCN(c3nncc(Nc4ccc(C)cc4C)n3)CC2)cc1. The molecule has 0 atom stereocenters. The number of hydrogen-bond acceptors (Lipinski definition) is 7. The summed E-state index contributed by atoms with van der Waals surface area (Å²) < 4.78 is 5.24. The highest BCUT2D eigenvalue weighted by Gasteiger charge is 2.20. The van der Waals surface area contributed by atoms with Crippen molar-refractivity contribution in [2.24, 2.45) is 0 Å². The number of rotatable bonds is 5. The number of piperazine rings is 1. The maximum absolute atomic E-state index is 5.24. The van der Waals surface area contributed by atoms with Crippen LogP contribution in [0.3, 0.4) is 0 Å². The first-order valence-corrected chi connectivity index (χ1v) is 9.80. The van der Waals surface area contributed by atoms with Gasteiger partial charge in [0.25, 0.3) is 0 Å². The molecule has 1 aliphatic rings. The number of methoxy groups -OCH3 is 1. The topological polar surface area (TPSA) is 66.4 Å². The van der Waals surface area contributed by atoms with Crippen LogP contribution >= 0.6 is 0 Å². The Bertz CT molecular complexity index is 967. The summed E-state index contributed by atoms with van der Waals surface area (Å²) in [6.07, 6.45) is 1.66. The van der Waals surface area contributed by atoms with Crippen molar-refractivity contribution < 1.29 is 4.74 Å². The van der Waals surface area contributed by atoms with Crippen molar-refractivity contribution in [2.45, 2.75) is 13.8 Å². The van der Waals surface area contributed by atoms with Gasteiger partial charge in [0, 0.05) is 37.6 Å². The maximum Gasteiger partial charge on any atom is 0.247 e. The lowest BCUT2D eigenvalue weighted by Gasteiger charge is -2.36. The Labute approximate surface area is 171 Å². The quantitative estimate of drug-likeness (QED) is 0.714. The van der Waals surface area contributed by atoms with Crippen LogP contribution in [0.4, 0.5) is 23.1 Å². The third-order valence-corrected chi connectivity index (χ3v) is 5.19. The van der Waals surface area contributed by atoms with Gasteiger partial charge in [0.1, 0.15) is 5.75 Å². The molecule has 29 heavy (non-hydrogen) atoms. The van der Waals surface area contributed by atoms with E-state index >= 15 is 0 Å². The van der Waals surface area contributed by atoms with Crippen LogP contribution in [0.2, 0.25) is 0 Å². The highest BCUT2D eigenvalue weighted by atomic mass is 16.5. The van der Waals surface area contributed by atoms with E-state index in [1.54, 1.807) is 13.3 Å². The molecule has 0 saturated carbocycles. The summed E-state index contributed by atoms with van der Waals surface area (Å²) in [5, 5.41) is 11.8. The van der Waals surface area contributed by atoms with Crippen molar-refractivity contribution in [3.05, 3.63) is 59.8 Å². The van der Waals surface area contributed by atoms with E-state index in [-0.39, 0.29) is 0 Å². The van der Waals surface area contributed by atoms with Crippen LogP contribution in [0.5, 0.6) is 5.75 Å². The normalized spacial score (nSPS) is 14.0. The molecule has 1 saturated heterocycles. The van der Waals surface area contributed by atoms with E-state index in [9.17, 15) is 0 Å². The Morgan fingerprint density at radius 2 is 1.66 bits per heavy atom. The Kier molecular flexibility index (Phi) is 5.46. The average molecular weight is 390 g/mol. The third-order valence-electron chi connectivity index (χ3n) is 5.19. The fraction of sp³-hybridized carbons (Fsp3) is 0.318. The number of ether oxygens (including phenoxy) is 1. The van der Waals surface area contributed by atoms with Gasteiger partial charge in [-0.15, -0.1) is 5.10 Å². The highest BCUT2D eigenvalue weighted by molar-refractivity contribution is 5.61.